The Labute approximate surface area is 83.8 Å². The topological polar surface area (TPSA) is 106 Å². The molecule has 1 aromatic rings. The summed E-state index contributed by atoms with van der Waals surface area (Å²) in [5.41, 5.74) is -1.10. The zero-order valence-corrected chi connectivity index (χ0v) is 7.77. The van der Waals surface area contributed by atoms with Crippen molar-refractivity contribution in [2.75, 3.05) is 5.88 Å². The van der Waals surface area contributed by atoms with Gasteiger partial charge in [-0.25, -0.2) is 4.98 Å². The van der Waals surface area contributed by atoms with E-state index < -0.39 is 23.6 Å². The van der Waals surface area contributed by atoms with Crippen LogP contribution in [-0.4, -0.2) is 37.3 Å². The van der Waals surface area contributed by atoms with Gasteiger partial charge < -0.3 is 20.3 Å². The van der Waals surface area contributed by atoms with Crippen molar-refractivity contribution in [3.63, 3.8) is 0 Å². The number of aromatic hydroxyl groups is 1. The number of H-pyrrole nitrogens is 1. The van der Waals surface area contributed by atoms with Gasteiger partial charge >= 0.3 is 0 Å². The van der Waals surface area contributed by atoms with Crippen LogP contribution >= 0.6 is 11.6 Å². The van der Waals surface area contributed by atoms with Crippen molar-refractivity contribution in [3.8, 4) is 5.88 Å². The Kier molecular flexibility index (Phi) is 3.45. The standard InChI is InChI=1S/C7H9ClN2O4/c8-1-3(11)5(12)4-6(13)9-2-10-7(4)14/h2-3,5,11-12H,1H2,(H2,9,10,13,14). The number of aliphatic hydroxyl groups excluding tert-OH is 2. The summed E-state index contributed by atoms with van der Waals surface area (Å²) in [6, 6.07) is 0. The van der Waals surface area contributed by atoms with E-state index in [0.29, 0.717) is 0 Å². The zero-order valence-electron chi connectivity index (χ0n) is 7.01. The monoisotopic (exact) mass is 220 g/mol. The molecule has 78 valence electrons. The van der Waals surface area contributed by atoms with Crippen LogP contribution in [0.2, 0.25) is 0 Å². The van der Waals surface area contributed by atoms with Crippen molar-refractivity contribution < 1.29 is 15.3 Å². The Morgan fingerprint density at radius 2 is 2.21 bits per heavy atom. The third kappa shape index (κ3) is 2.03. The molecule has 14 heavy (non-hydrogen) atoms. The fourth-order valence-electron chi connectivity index (χ4n) is 0.944. The summed E-state index contributed by atoms with van der Waals surface area (Å²) >= 11 is 5.28. The van der Waals surface area contributed by atoms with Crippen LogP contribution in [0.25, 0.3) is 0 Å². The fraction of sp³-hybridized carbons (Fsp3) is 0.429. The second-order valence-corrected chi connectivity index (χ2v) is 2.94. The minimum Gasteiger partial charge on any atom is -0.493 e. The highest BCUT2D eigenvalue weighted by molar-refractivity contribution is 6.18. The number of nitrogens with one attached hydrogen (secondary N) is 1. The van der Waals surface area contributed by atoms with Gasteiger partial charge in [-0.1, -0.05) is 0 Å². The molecule has 2 unspecified atom stereocenters. The largest absolute Gasteiger partial charge is 0.493 e. The zero-order chi connectivity index (χ0) is 10.7. The molecule has 0 saturated carbocycles. The lowest BCUT2D eigenvalue weighted by molar-refractivity contribution is 0.0299. The molecular weight excluding hydrogens is 212 g/mol. The molecule has 7 heteroatoms. The molecule has 0 amide bonds. The molecule has 0 aromatic carbocycles. The lowest BCUT2D eigenvalue weighted by Crippen LogP contribution is -2.26. The first-order valence-corrected chi connectivity index (χ1v) is 4.30. The van der Waals surface area contributed by atoms with Crippen LogP contribution in [0, 0.1) is 0 Å². The van der Waals surface area contributed by atoms with E-state index in [1.807, 2.05) is 0 Å². The smallest absolute Gasteiger partial charge is 0.260 e. The fourth-order valence-corrected chi connectivity index (χ4v) is 1.11. The molecule has 1 heterocycles. The van der Waals surface area contributed by atoms with Crippen LogP contribution in [0.4, 0.5) is 0 Å². The Hall–Kier alpha value is -1.11. The lowest BCUT2D eigenvalue weighted by atomic mass is 10.1. The van der Waals surface area contributed by atoms with E-state index in [2.05, 4.69) is 9.97 Å². The first-order chi connectivity index (χ1) is 6.57. The van der Waals surface area contributed by atoms with E-state index in [-0.39, 0.29) is 11.4 Å². The third-order valence-corrected chi connectivity index (χ3v) is 2.00. The van der Waals surface area contributed by atoms with Crippen molar-refractivity contribution in [2.24, 2.45) is 0 Å². The third-order valence-electron chi connectivity index (χ3n) is 1.69. The molecule has 4 N–H and O–H groups in total. The van der Waals surface area contributed by atoms with Crippen LogP contribution in [0.3, 0.4) is 0 Å². The molecule has 6 nitrogen and oxygen atoms in total. The van der Waals surface area contributed by atoms with Crippen molar-refractivity contribution >= 4 is 11.6 Å². The van der Waals surface area contributed by atoms with E-state index in [9.17, 15) is 9.90 Å². The van der Waals surface area contributed by atoms with Gasteiger partial charge in [0.05, 0.1) is 18.3 Å². The van der Waals surface area contributed by atoms with Gasteiger partial charge in [0, 0.05) is 0 Å². The van der Waals surface area contributed by atoms with Gasteiger partial charge in [0.2, 0.25) is 5.88 Å². The van der Waals surface area contributed by atoms with Crippen LogP contribution in [0.5, 0.6) is 5.88 Å². The Bertz CT molecular complexity index is 367. The van der Waals surface area contributed by atoms with E-state index in [4.69, 9.17) is 21.8 Å². The molecule has 0 bridgehead atoms. The summed E-state index contributed by atoms with van der Waals surface area (Å²) < 4.78 is 0. The van der Waals surface area contributed by atoms with Gasteiger partial charge in [-0.2, -0.15) is 0 Å². The van der Waals surface area contributed by atoms with Gasteiger partial charge in [0.15, 0.2) is 0 Å². The minimum atomic E-state index is -1.55. The highest BCUT2D eigenvalue weighted by Crippen LogP contribution is 2.20. The first-order valence-electron chi connectivity index (χ1n) is 3.76. The summed E-state index contributed by atoms with van der Waals surface area (Å²) in [7, 11) is 0. The number of nitrogens with zero attached hydrogens (tertiary/aromatic N) is 1. The van der Waals surface area contributed by atoms with Crippen molar-refractivity contribution in [1.29, 1.82) is 0 Å². The predicted molar refractivity (Wildman–Crippen MR) is 48.2 cm³/mol. The molecule has 1 aromatic heterocycles. The number of hydrogen-bond acceptors (Lipinski definition) is 5. The predicted octanol–water partition coefficient (Wildman–Crippen LogP) is -0.891. The number of rotatable bonds is 3. The molecule has 0 radical (unpaired) electrons. The van der Waals surface area contributed by atoms with Gasteiger partial charge in [-0.15, -0.1) is 11.6 Å². The Morgan fingerprint density at radius 3 is 2.71 bits per heavy atom. The molecule has 0 aliphatic rings. The Morgan fingerprint density at radius 1 is 1.57 bits per heavy atom. The summed E-state index contributed by atoms with van der Waals surface area (Å²) in [4.78, 5) is 16.7. The van der Waals surface area contributed by atoms with Crippen LogP contribution in [-0.2, 0) is 0 Å². The molecule has 2 atom stereocenters. The van der Waals surface area contributed by atoms with Gasteiger partial charge in [0.1, 0.15) is 11.7 Å². The normalized spacial score (nSPS) is 15.1. The van der Waals surface area contributed by atoms with Crippen molar-refractivity contribution in [3.05, 3.63) is 22.2 Å². The second-order valence-electron chi connectivity index (χ2n) is 2.64. The lowest BCUT2D eigenvalue weighted by Gasteiger charge is -2.14. The number of halogens is 1. The second kappa shape index (κ2) is 4.41. The quantitative estimate of drug-likeness (QED) is 0.495. The Balaban J connectivity index is 3.12. The van der Waals surface area contributed by atoms with Gasteiger partial charge in [0.25, 0.3) is 5.56 Å². The maximum Gasteiger partial charge on any atom is 0.260 e. The minimum absolute atomic E-state index is 0.255. The summed E-state index contributed by atoms with van der Waals surface area (Å²) in [5.74, 6) is -0.875. The molecule has 1 rings (SSSR count). The maximum atomic E-state index is 11.1. The van der Waals surface area contributed by atoms with E-state index in [1.54, 1.807) is 0 Å². The number of aliphatic hydroxyl groups is 2. The number of aromatic nitrogens is 2. The molecular formula is C7H9ClN2O4. The highest BCUT2D eigenvalue weighted by Gasteiger charge is 2.24. The number of hydrogen-bond donors (Lipinski definition) is 4. The summed E-state index contributed by atoms with van der Waals surface area (Å²) in [5, 5.41) is 27.7. The molecule has 0 fully saturated rings. The van der Waals surface area contributed by atoms with Gasteiger partial charge in [-0.05, 0) is 0 Å². The van der Waals surface area contributed by atoms with E-state index in [1.165, 1.54) is 0 Å². The van der Waals surface area contributed by atoms with Crippen LogP contribution in [0.15, 0.2) is 11.1 Å². The van der Waals surface area contributed by atoms with E-state index >= 15 is 0 Å². The van der Waals surface area contributed by atoms with Crippen LogP contribution in [0.1, 0.15) is 11.7 Å². The molecule has 0 aliphatic heterocycles. The number of alkyl halides is 1. The molecule has 0 aliphatic carbocycles. The van der Waals surface area contributed by atoms with E-state index in [0.717, 1.165) is 6.33 Å². The first kappa shape index (κ1) is 11.0. The molecule has 0 spiro atoms. The SMILES string of the molecule is O=c1[nH]cnc(O)c1C(O)C(O)CCl. The average Bonchev–Trinajstić information content (AvgIpc) is 2.16. The summed E-state index contributed by atoms with van der Waals surface area (Å²) in [6.45, 7) is 0. The van der Waals surface area contributed by atoms with Crippen molar-refractivity contribution in [1.82, 2.24) is 9.97 Å². The van der Waals surface area contributed by atoms with Crippen molar-refractivity contribution in [2.45, 2.75) is 12.2 Å². The average molecular weight is 221 g/mol. The molecule has 0 saturated heterocycles. The van der Waals surface area contributed by atoms with Gasteiger partial charge in [-0.3, -0.25) is 4.79 Å². The van der Waals surface area contributed by atoms with Crippen LogP contribution < -0.4 is 5.56 Å². The summed E-state index contributed by atoms with van der Waals surface area (Å²) in [6.07, 6.45) is -1.89. The number of aromatic amines is 1. The highest BCUT2D eigenvalue weighted by atomic mass is 35.5. The maximum absolute atomic E-state index is 11.1.